The average molecular weight is 526 g/mol. The number of hydrogen-bond donors (Lipinski definition) is 1. The standard InChI is InChI=1S/C22H27IN2O5/c1-3-16-13-25(22(28)24-21(16)27)20-12-19(29-14(2)26)18(30-20)10-9-17(23)11-15-7-5-4-6-8-15/h4-8,13,17-20H,3,9-12H2,1-2H3,(H,24,27,28)/t17?,18-,19+,20-/m1/s1. The summed E-state index contributed by atoms with van der Waals surface area (Å²) in [4.78, 5) is 38.1. The van der Waals surface area contributed by atoms with Gasteiger partial charge in [-0.25, -0.2) is 4.79 Å². The molecule has 0 aliphatic carbocycles. The number of ether oxygens (including phenoxy) is 2. The van der Waals surface area contributed by atoms with Crippen molar-refractivity contribution in [2.24, 2.45) is 0 Å². The molecule has 1 N–H and O–H groups in total. The molecule has 1 aromatic carbocycles. The van der Waals surface area contributed by atoms with Crippen LogP contribution >= 0.6 is 22.6 Å². The number of aromatic nitrogens is 2. The highest BCUT2D eigenvalue weighted by atomic mass is 127. The first-order valence-corrected chi connectivity index (χ1v) is 11.5. The number of nitrogens with one attached hydrogen (secondary N) is 1. The van der Waals surface area contributed by atoms with Crippen molar-refractivity contribution in [1.29, 1.82) is 0 Å². The second kappa shape index (κ2) is 10.4. The van der Waals surface area contributed by atoms with E-state index in [0.717, 1.165) is 12.8 Å². The zero-order chi connectivity index (χ0) is 21.7. The molecular weight excluding hydrogens is 499 g/mol. The van der Waals surface area contributed by atoms with Gasteiger partial charge in [0.05, 0.1) is 6.10 Å². The molecule has 0 saturated carbocycles. The first-order chi connectivity index (χ1) is 14.4. The molecule has 1 aliphatic rings. The fourth-order valence-electron chi connectivity index (χ4n) is 3.78. The topological polar surface area (TPSA) is 90.4 Å². The summed E-state index contributed by atoms with van der Waals surface area (Å²) >= 11 is 2.44. The molecule has 1 unspecified atom stereocenters. The summed E-state index contributed by atoms with van der Waals surface area (Å²) < 4.78 is 13.5. The Morgan fingerprint density at radius 2 is 2.07 bits per heavy atom. The molecule has 1 aliphatic heterocycles. The molecular formula is C22H27IN2O5. The van der Waals surface area contributed by atoms with E-state index in [1.54, 1.807) is 6.20 Å². The van der Waals surface area contributed by atoms with Crippen LogP contribution in [0, 0.1) is 0 Å². The minimum Gasteiger partial charge on any atom is -0.460 e. The predicted molar refractivity (Wildman–Crippen MR) is 122 cm³/mol. The Morgan fingerprint density at radius 3 is 2.73 bits per heavy atom. The Labute approximate surface area is 188 Å². The van der Waals surface area contributed by atoms with Gasteiger partial charge < -0.3 is 9.47 Å². The number of aryl methyl sites for hydroxylation is 1. The van der Waals surface area contributed by atoms with Gasteiger partial charge in [-0.1, -0.05) is 59.8 Å². The van der Waals surface area contributed by atoms with Crippen LogP contribution in [0.25, 0.3) is 0 Å². The quantitative estimate of drug-likeness (QED) is 0.325. The molecule has 2 aromatic rings. The third kappa shape index (κ3) is 5.81. The smallest absolute Gasteiger partial charge is 0.330 e. The average Bonchev–Trinajstić information content (AvgIpc) is 3.09. The van der Waals surface area contributed by atoms with Crippen molar-refractivity contribution in [2.75, 3.05) is 0 Å². The van der Waals surface area contributed by atoms with E-state index in [1.165, 1.54) is 17.1 Å². The van der Waals surface area contributed by atoms with Gasteiger partial charge in [0.2, 0.25) is 0 Å². The molecule has 0 bridgehead atoms. The Kier molecular flexibility index (Phi) is 7.87. The first kappa shape index (κ1) is 22.7. The second-order valence-corrected chi connectivity index (χ2v) is 9.31. The van der Waals surface area contributed by atoms with E-state index in [9.17, 15) is 14.4 Å². The van der Waals surface area contributed by atoms with Crippen LogP contribution in [0.4, 0.5) is 0 Å². The van der Waals surface area contributed by atoms with Crippen LogP contribution in [0.5, 0.6) is 0 Å². The van der Waals surface area contributed by atoms with Crippen LogP contribution in [0.15, 0.2) is 46.1 Å². The highest BCUT2D eigenvalue weighted by molar-refractivity contribution is 14.1. The van der Waals surface area contributed by atoms with Gasteiger partial charge in [0.1, 0.15) is 12.3 Å². The summed E-state index contributed by atoms with van der Waals surface area (Å²) in [6, 6.07) is 10.3. The first-order valence-electron chi connectivity index (χ1n) is 10.2. The zero-order valence-electron chi connectivity index (χ0n) is 17.2. The monoisotopic (exact) mass is 526 g/mol. The predicted octanol–water partition coefficient (Wildman–Crippen LogP) is 3.14. The number of rotatable bonds is 8. The lowest BCUT2D eigenvalue weighted by Crippen LogP contribution is -2.34. The summed E-state index contributed by atoms with van der Waals surface area (Å²) in [6.07, 6.45) is 3.71. The molecule has 1 saturated heterocycles. The van der Waals surface area contributed by atoms with E-state index >= 15 is 0 Å². The van der Waals surface area contributed by atoms with E-state index in [-0.39, 0.29) is 17.6 Å². The number of halogens is 1. The molecule has 1 fully saturated rings. The molecule has 8 heteroatoms. The maximum atomic E-state index is 12.3. The number of alkyl halides is 1. The number of hydrogen-bond acceptors (Lipinski definition) is 5. The number of carbonyl (C=O) groups is 1. The van der Waals surface area contributed by atoms with Crippen molar-refractivity contribution in [2.45, 2.75) is 68.3 Å². The van der Waals surface area contributed by atoms with Crippen molar-refractivity contribution in [3.05, 3.63) is 68.5 Å². The fourth-order valence-corrected chi connectivity index (χ4v) is 4.64. The molecule has 4 atom stereocenters. The summed E-state index contributed by atoms with van der Waals surface area (Å²) in [6.45, 7) is 3.23. The van der Waals surface area contributed by atoms with E-state index in [1.807, 2.05) is 25.1 Å². The third-order valence-electron chi connectivity index (χ3n) is 5.29. The second-order valence-electron chi connectivity index (χ2n) is 7.55. The fraction of sp³-hybridized carbons (Fsp3) is 0.500. The summed E-state index contributed by atoms with van der Waals surface area (Å²) in [5.41, 5.74) is 0.908. The Morgan fingerprint density at radius 1 is 1.33 bits per heavy atom. The lowest BCUT2D eigenvalue weighted by Gasteiger charge is -2.20. The molecule has 0 spiro atoms. The lowest BCUT2D eigenvalue weighted by molar-refractivity contribution is -0.149. The van der Waals surface area contributed by atoms with Crippen molar-refractivity contribution in [3.63, 3.8) is 0 Å². The molecule has 3 rings (SSSR count). The van der Waals surface area contributed by atoms with Gasteiger partial charge in [-0.2, -0.15) is 0 Å². The van der Waals surface area contributed by atoms with Gasteiger partial charge in [-0.3, -0.25) is 19.1 Å². The summed E-state index contributed by atoms with van der Waals surface area (Å²) in [5.74, 6) is -0.368. The van der Waals surface area contributed by atoms with E-state index < -0.39 is 18.0 Å². The van der Waals surface area contributed by atoms with E-state index in [4.69, 9.17) is 9.47 Å². The summed E-state index contributed by atoms with van der Waals surface area (Å²) in [5, 5.41) is 0. The van der Waals surface area contributed by atoms with Crippen molar-refractivity contribution in [3.8, 4) is 0 Å². The Balaban J connectivity index is 1.69. The number of benzene rings is 1. The third-order valence-corrected chi connectivity index (χ3v) is 6.36. The largest absolute Gasteiger partial charge is 0.460 e. The Hall–Kier alpha value is -1.94. The number of nitrogens with zero attached hydrogens (tertiary/aromatic N) is 1. The van der Waals surface area contributed by atoms with Crippen LogP contribution in [0.1, 0.15) is 50.5 Å². The highest BCUT2D eigenvalue weighted by Crippen LogP contribution is 2.33. The van der Waals surface area contributed by atoms with Gasteiger partial charge in [0.15, 0.2) is 0 Å². The maximum Gasteiger partial charge on any atom is 0.330 e. The molecule has 30 heavy (non-hydrogen) atoms. The normalized spacial score (nSPS) is 22.0. The van der Waals surface area contributed by atoms with Crippen LogP contribution in [0.3, 0.4) is 0 Å². The molecule has 0 amide bonds. The van der Waals surface area contributed by atoms with E-state index in [0.29, 0.717) is 28.8 Å². The van der Waals surface area contributed by atoms with Gasteiger partial charge in [-0.15, -0.1) is 0 Å². The molecule has 162 valence electrons. The van der Waals surface area contributed by atoms with Crippen molar-refractivity contribution in [1.82, 2.24) is 9.55 Å². The van der Waals surface area contributed by atoms with Crippen LogP contribution in [-0.4, -0.2) is 31.7 Å². The maximum absolute atomic E-state index is 12.3. The van der Waals surface area contributed by atoms with Crippen LogP contribution < -0.4 is 11.2 Å². The van der Waals surface area contributed by atoms with E-state index in [2.05, 4.69) is 39.7 Å². The lowest BCUT2D eigenvalue weighted by atomic mass is 10.0. The van der Waals surface area contributed by atoms with Gasteiger partial charge in [0.25, 0.3) is 5.56 Å². The van der Waals surface area contributed by atoms with Gasteiger partial charge in [-0.05, 0) is 31.2 Å². The zero-order valence-corrected chi connectivity index (χ0v) is 19.3. The minimum absolute atomic E-state index is 0.296. The SMILES string of the molecule is CCc1cn([C@H]2C[C@H](OC(C)=O)[C@@H](CCC(I)Cc3ccccc3)O2)c(=O)[nH]c1=O. The molecule has 0 radical (unpaired) electrons. The molecule has 2 heterocycles. The van der Waals surface area contributed by atoms with Gasteiger partial charge >= 0.3 is 11.7 Å². The number of carbonyl (C=O) groups excluding carboxylic acids is 1. The summed E-state index contributed by atoms with van der Waals surface area (Å²) in [7, 11) is 0. The molecule has 7 nitrogen and oxygen atoms in total. The van der Waals surface area contributed by atoms with Crippen LogP contribution in [0.2, 0.25) is 0 Å². The van der Waals surface area contributed by atoms with Gasteiger partial charge in [0, 0.05) is 29.0 Å². The minimum atomic E-state index is -0.573. The Bertz CT molecular complexity index is 971. The number of H-pyrrole nitrogens is 1. The van der Waals surface area contributed by atoms with Crippen molar-refractivity contribution >= 4 is 28.6 Å². The number of aromatic amines is 1. The molecule has 1 aromatic heterocycles. The van der Waals surface area contributed by atoms with Crippen LogP contribution in [-0.2, 0) is 27.1 Å². The highest BCUT2D eigenvalue weighted by Gasteiger charge is 2.39. The van der Waals surface area contributed by atoms with Crippen molar-refractivity contribution < 1.29 is 14.3 Å². The number of esters is 1.